The molecule has 2 N–H and O–H groups in total. The van der Waals surface area contributed by atoms with Gasteiger partial charge in [0.15, 0.2) is 5.82 Å². The van der Waals surface area contributed by atoms with E-state index in [-0.39, 0.29) is 5.78 Å². The lowest BCUT2D eigenvalue weighted by Crippen LogP contribution is -2.44. The highest BCUT2D eigenvalue weighted by molar-refractivity contribution is 6.19. The Balaban J connectivity index is 1.31. The summed E-state index contributed by atoms with van der Waals surface area (Å²) in [5.41, 5.74) is 3.85. The first-order chi connectivity index (χ1) is 18.8. The van der Waals surface area contributed by atoms with E-state index in [9.17, 15) is 9.90 Å². The number of nitrogens with one attached hydrogen (secondary N) is 1. The highest BCUT2D eigenvalue weighted by atomic mass is 16.3. The van der Waals surface area contributed by atoms with Gasteiger partial charge in [-0.1, -0.05) is 12.2 Å². The number of aryl methyl sites for hydroxylation is 1. The third-order valence-corrected chi connectivity index (χ3v) is 7.83. The molecule has 6 rings (SSSR count). The lowest BCUT2D eigenvalue weighted by atomic mass is 9.99. The van der Waals surface area contributed by atoms with Crippen molar-refractivity contribution in [3.63, 3.8) is 0 Å². The number of likely N-dealkylation sites (N-methyl/N-ethyl adjacent to an activating group) is 1. The summed E-state index contributed by atoms with van der Waals surface area (Å²) in [5.74, 6) is 1.23. The van der Waals surface area contributed by atoms with E-state index < -0.39 is 5.60 Å². The van der Waals surface area contributed by atoms with Crippen molar-refractivity contribution in [2.45, 2.75) is 31.8 Å². The number of carbonyl (C=O) groups is 1. The lowest BCUT2D eigenvalue weighted by molar-refractivity contribution is 0.0595. The number of Topliss-reactive ketones (excluding diaryl/α,β-unsaturated/α-hetero) is 1. The van der Waals surface area contributed by atoms with Crippen LogP contribution < -0.4 is 15.1 Å². The first kappa shape index (κ1) is 25.2. The summed E-state index contributed by atoms with van der Waals surface area (Å²) in [4.78, 5) is 33.8. The van der Waals surface area contributed by atoms with Gasteiger partial charge in [0.25, 0.3) is 0 Å². The molecule has 1 saturated heterocycles. The third-order valence-electron chi connectivity index (χ3n) is 7.83. The quantitative estimate of drug-likeness (QED) is 0.362. The number of piperazine rings is 1. The van der Waals surface area contributed by atoms with Crippen LogP contribution in [0.5, 0.6) is 0 Å². The van der Waals surface area contributed by atoms with Gasteiger partial charge in [-0.05, 0) is 74.7 Å². The Labute approximate surface area is 228 Å². The Morgan fingerprint density at radius 2 is 1.90 bits per heavy atom. The molecule has 0 saturated carbocycles. The standard InChI is InChI=1S/C30H33N7O2/c1-4-5-6-25-27(38)23-19-32-29(33-21-7-9-22(10-8-21)36-15-13-35(3)14-16-36)34-28(23)37(25)26-17-24-20(18-31-26)11-12-30(24,2)39/h4,6-10,17-19,39H,1,5,11-16H2,2-3H3,(H,32,33,34)/b25-6+/t30-/m1/s1. The molecule has 1 aromatic carbocycles. The number of carbonyl (C=O) groups excluding carboxylic acids is 1. The zero-order valence-corrected chi connectivity index (χ0v) is 22.4. The normalized spacial score (nSPS) is 21.8. The predicted molar refractivity (Wildman–Crippen MR) is 153 cm³/mol. The highest BCUT2D eigenvalue weighted by Crippen LogP contribution is 2.43. The average molecular weight is 524 g/mol. The molecule has 2 aromatic heterocycles. The number of anilines is 5. The number of aromatic nitrogens is 3. The van der Waals surface area contributed by atoms with Crippen LogP contribution in [-0.4, -0.2) is 64.0 Å². The van der Waals surface area contributed by atoms with Gasteiger partial charge in [-0.3, -0.25) is 9.69 Å². The number of hydrogen-bond donors (Lipinski definition) is 2. The molecule has 200 valence electrons. The maximum atomic E-state index is 13.4. The van der Waals surface area contributed by atoms with E-state index >= 15 is 0 Å². The van der Waals surface area contributed by atoms with Crippen LogP contribution in [0.2, 0.25) is 0 Å². The Morgan fingerprint density at radius 1 is 1.13 bits per heavy atom. The highest BCUT2D eigenvalue weighted by Gasteiger charge is 2.38. The van der Waals surface area contributed by atoms with Crippen molar-refractivity contribution in [1.82, 2.24) is 19.9 Å². The van der Waals surface area contributed by atoms with E-state index in [4.69, 9.17) is 4.98 Å². The monoisotopic (exact) mass is 523 g/mol. The van der Waals surface area contributed by atoms with E-state index in [0.29, 0.717) is 41.7 Å². The van der Waals surface area contributed by atoms with Crippen molar-refractivity contribution < 1.29 is 9.90 Å². The van der Waals surface area contributed by atoms with Crippen LogP contribution in [-0.2, 0) is 12.0 Å². The van der Waals surface area contributed by atoms with Crippen LogP contribution in [0.15, 0.2) is 67.2 Å². The molecule has 3 aliphatic rings. The van der Waals surface area contributed by atoms with Crippen LogP contribution in [0.3, 0.4) is 0 Å². The van der Waals surface area contributed by atoms with Gasteiger partial charge in [0, 0.05) is 49.9 Å². The molecular weight excluding hydrogens is 490 g/mol. The number of ketones is 1. The Morgan fingerprint density at radius 3 is 2.64 bits per heavy atom. The van der Waals surface area contributed by atoms with Gasteiger partial charge in [0.1, 0.15) is 5.82 Å². The Kier molecular flexibility index (Phi) is 6.40. The second kappa shape index (κ2) is 9.91. The van der Waals surface area contributed by atoms with Gasteiger partial charge in [0.05, 0.1) is 16.9 Å². The molecule has 0 amide bonds. The number of pyridine rings is 1. The van der Waals surface area contributed by atoms with Crippen molar-refractivity contribution >= 4 is 34.7 Å². The topological polar surface area (TPSA) is 97.7 Å². The van der Waals surface area contributed by atoms with Crippen molar-refractivity contribution in [2.75, 3.05) is 48.3 Å². The fraction of sp³-hybridized carbons (Fsp3) is 0.333. The van der Waals surface area contributed by atoms with Gasteiger partial charge in [-0.25, -0.2) is 9.97 Å². The molecule has 4 heterocycles. The molecule has 0 radical (unpaired) electrons. The van der Waals surface area contributed by atoms with Gasteiger partial charge in [0.2, 0.25) is 11.7 Å². The number of hydrogen-bond acceptors (Lipinski definition) is 9. The molecular formula is C30H33N7O2. The van der Waals surface area contributed by atoms with Crippen LogP contribution in [0.4, 0.5) is 29.0 Å². The smallest absolute Gasteiger partial charge is 0.229 e. The molecule has 0 bridgehead atoms. The van der Waals surface area contributed by atoms with E-state index in [1.165, 1.54) is 5.69 Å². The number of allylic oxidation sites excluding steroid dienone is 3. The first-order valence-electron chi connectivity index (χ1n) is 13.4. The SMILES string of the molecule is C=CC/C=C1\C(=O)c2cnc(Nc3ccc(N4CCN(C)CC4)cc3)nc2N1c1cc2c(cn1)CC[C@@]2(C)O. The number of nitrogens with zero attached hydrogens (tertiary/aromatic N) is 6. The summed E-state index contributed by atoms with van der Waals surface area (Å²) in [6.07, 6.45) is 8.87. The minimum absolute atomic E-state index is 0.163. The summed E-state index contributed by atoms with van der Waals surface area (Å²) in [6, 6.07) is 10.1. The molecule has 9 heteroatoms. The van der Waals surface area contributed by atoms with Crippen molar-refractivity contribution in [1.29, 1.82) is 0 Å². The van der Waals surface area contributed by atoms with Gasteiger partial charge in [-0.2, -0.15) is 4.98 Å². The zero-order valence-electron chi connectivity index (χ0n) is 22.4. The number of rotatable bonds is 6. The van der Waals surface area contributed by atoms with Crippen molar-refractivity contribution in [3.05, 3.63) is 83.8 Å². The fourth-order valence-corrected chi connectivity index (χ4v) is 5.49. The fourth-order valence-electron chi connectivity index (χ4n) is 5.49. The third kappa shape index (κ3) is 4.68. The molecule has 9 nitrogen and oxygen atoms in total. The average Bonchev–Trinajstić information content (AvgIpc) is 3.40. The Hall–Kier alpha value is -4.08. The van der Waals surface area contributed by atoms with Crippen LogP contribution in [0.1, 0.15) is 41.3 Å². The largest absolute Gasteiger partial charge is 0.385 e. The molecule has 1 atom stereocenters. The molecule has 3 aromatic rings. The maximum Gasteiger partial charge on any atom is 0.229 e. The van der Waals surface area contributed by atoms with E-state index in [2.05, 4.69) is 50.8 Å². The maximum absolute atomic E-state index is 13.4. The summed E-state index contributed by atoms with van der Waals surface area (Å²) in [5, 5.41) is 14.2. The van der Waals surface area contributed by atoms with E-state index in [1.54, 1.807) is 23.4 Å². The molecule has 39 heavy (non-hydrogen) atoms. The number of fused-ring (bicyclic) bond motifs is 2. The summed E-state index contributed by atoms with van der Waals surface area (Å²) in [7, 11) is 2.15. The Bertz CT molecular complexity index is 1460. The zero-order chi connectivity index (χ0) is 27.1. The lowest BCUT2D eigenvalue weighted by Gasteiger charge is -2.34. The second-order valence-corrected chi connectivity index (χ2v) is 10.6. The minimum Gasteiger partial charge on any atom is -0.385 e. The van der Waals surface area contributed by atoms with Crippen LogP contribution >= 0.6 is 0 Å². The molecule has 1 fully saturated rings. The van der Waals surface area contributed by atoms with Crippen LogP contribution in [0, 0.1) is 0 Å². The second-order valence-electron chi connectivity index (χ2n) is 10.6. The first-order valence-corrected chi connectivity index (χ1v) is 13.4. The molecule has 1 aliphatic carbocycles. The van der Waals surface area contributed by atoms with E-state index in [1.807, 2.05) is 31.2 Å². The molecule has 2 aliphatic heterocycles. The predicted octanol–water partition coefficient (Wildman–Crippen LogP) is 4.32. The number of benzene rings is 1. The van der Waals surface area contributed by atoms with Gasteiger partial charge in [-0.15, -0.1) is 6.58 Å². The molecule has 0 unspecified atom stereocenters. The van der Waals surface area contributed by atoms with Gasteiger partial charge >= 0.3 is 0 Å². The molecule has 0 spiro atoms. The summed E-state index contributed by atoms with van der Waals surface area (Å²) >= 11 is 0. The summed E-state index contributed by atoms with van der Waals surface area (Å²) < 4.78 is 0. The number of aliphatic hydroxyl groups is 1. The van der Waals surface area contributed by atoms with E-state index in [0.717, 1.165) is 49.4 Å². The van der Waals surface area contributed by atoms with Gasteiger partial charge < -0.3 is 20.2 Å². The van der Waals surface area contributed by atoms with Crippen molar-refractivity contribution in [2.24, 2.45) is 0 Å². The summed E-state index contributed by atoms with van der Waals surface area (Å²) in [6.45, 7) is 9.74. The minimum atomic E-state index is -0.931. The van der Waals surface area contributed by atoms with Crippen molar-refractivity contribution in [3.8, 4) is 0 Å². The van der Waals surface area contributed by atoms with Crippen LogP contribution in [0.25, 0.3) is 0 Å².